The Morgan fingerprint density at radius 3 is 2.71 bits per heavy atom. The van der Waals surface area contributed by atoms with Crippen LogP contribution in [0.25, 0.3) is 0 Å². The Hall–Kier alpha value is -2.13. The Morgan fingerprint density at radius 1 is 1.33 bits per heavy atom. The molecule has 3 heterocycles. The molecule has 0 atom stereocenters. The predicted molar refractivity (Wildman–Crippen MR) is 90.5 cm³/mol. The molecule has 0 aliphatic carbocycles. The molecule has 0 aromatic carbocycles. The summed E-state index contributed by atoms with van der Waals surface area (Å²) in [4.78, 5) is 20.8. The number of aromatic nitrogens is 1. The zero-order valence-electron chi connectivity index (χ0n) is 14.2. The van der Waals surface area contributed by atoms with E-state index in [1.54, 1.807) is 13.3 Å². The first-order valence-corrected chi connectivity index (χ1v) is 8.54. The lowest BCUT2D eigenvalue weighted by Gasteiger charge is -2.39. The van der Waals surface area contributed by atoms with Crippen molar-refractivity contribution < 1.29 is 9.53 Å². The number of nitriles is 1. The molecule has 3 rings (SSSR count). The highest BCUT2D eigenvalue weighted by Gasteiger charge is 2.41. The van der Waals surface area contributed by atoms with Gasteiger partial charge in [-0.25, -0.2) is 4.98 Å². The third kappa shape index (κ3) is 3.51. The molecular formula is C18H24N4O2. The van der Waals surface area contributed by atoms with Crippen molar-refractivity contribution in [3.05, 3.63) is 23.9 Å². The van der Waals surface area contributed by atoms with Crippen LogP contribution in [-0.2, 0) is 9.53 Å². The third-order valence-electron chi connectivity index (χ3n) is 5.34. The van der Waals surface area contributed by atoms with Crippen LogP contribution in [0.3, 0.4) is 0 Å². The van der Waals surface area contributed by atoms with Crippen LogP contribution in [-0.4, -0.2) is 55.7 Å². The van der Waals surface area contributed by atoms with Crippen LogP contribution in [0.2, 0.25) is 0 Å². The maximum Gasteiger partial charge on any atom is 0.224 e. The van der Waals surface area contributed by atoms with E-state index in [9.17, 15) is 4.79 Å². The van der Waals surface area contributed by atoms with Crippen molar-refractivity contribution in [3.63, 3.8) is 0 Å². The maximum absolute atomic E-state index is 12.1. The third-order valence-corrected chi connectivity index (χ3v) is 5.34. The van der Waals surface area contributed by atoms with Gasteiger partial charge in [0.15, 0.2) is 0 Å². The molecule has 6 heteroatoms. The van der Waals surface area contributed by atoms with E-state index in [0.29, 0.717) is 24.0 Å². The van der Waals surface area contributed by atoms with Crippen LogP contribution in [0, 0.1) is 16.7 Å². The van der Waals surface area contributed by atoms with Gasteiger partial charge < -0.3 is 14.5 Å². The predicted octanol–water partition coefficient (Wildman–Crippen LogP) is 1.81. The molecule has 1 spiro atoms. The van der Waals surface area contributed by atoms with Gasteiger partial charge in [0.2, 0.25) is 5.91 Å². The fourth-order valence-electron chi connectivity index (χ4n) is 3.76. The molecular weight excluding hydrogens is 304 g/mol. The lowest BCUT2D eigenvalue weighted by molar-refractivity contribution is -0.134. The molecule has 2 saturated heterocycles. The summed E-state index contributed by atoms with van der Waals surface area (Å²) in [6, 6.07) is 5.86. The summed E-state index contributed by atoms with van der Waals surface area (Å²) in [5.74, 6) is 1.15. The van der Waals surface area contributed by atoms with Crippen molar-refractivity contribution in [1.29, 1.82) is 5.26 Å². The SMILES string of the molecule is COCCC(=O)N1CCC2(CC1)CCN(c1ccc(C#N)cn1)C2. The lowest BCUT2D eigenvalue weighted by Crippen LogP contribution is -2.44. The first-order chi connectivity index (χ1) is 11.7. The number of hydrogen-bond acceptors (Lipinski definition) is 5. The summed E-state index contributed by atoms with van der Waals surface area (Å²) in [5.41, 5.74) is 0.892. The Balaban J connectivity index is 1.56. The summed E-state index contributed by atoms with van der Waals surface area (Å²) in [7, 11) is 1.63. The van der Waals surface area contributed by atoms with E-state index in [2.05, 4.69) is 16.0 Å². The second-order valence-corrected chi connectivity index (χ2v) is 6.81. The van der Waals surface area contributed by atoms with Gasteiger partial charge in [0.05, 0.1) is 18.6 Å². The molecule has 0 N–H and O–H groups in total. The van der Waals surface area contributed by atoms with Crippen molar-refractivity contribution >= 4 is 11.7 Å². The minimum atomic E-state index is 0.204. The zero-order chi connectivity index (χ0) is 17.0. The first kappa shape index (κ1) is 16.7. The van der Waals surface area contributed by atoms with Crippen LogP contribution in [0.1, 0.15) is 31.2 Å². The van der Waals surface area contributed by atoms with E-state index >= 15 is 0 Å². The molecule has 1 amide bonds. The number of nitrogens with zero attached hydrogens (tertiary/aromatic N) is 4. The van der Waals surface area contributed by atoms with Gasteiger partial charge in [-0.05, 0) is 36.8 Å². The smallest absolute Gasteiger partial charge is 0.224 e. The van der Waals surface area contributed by atoms with E-state index in [-0.39, 0.29) is 5.91 Å². The highest BCUT2D eigenvalue weighted by molar-refractivity contribution is 5.76. The summed E-state index contributed by atoms with van der Waals surface area (Å²) in [6.45, 7) is 4.18. The number of ether oxygens (including phenoxy) is 1. The standard InChI is InChI=1S/C18H24N4O2/c1-24-11-4-17(23)21-8-5-18(6-9-21)7-10-22(14-18)16-3-2-15(12-19)13-20-16/h2-3,13H,4-11,14H2,1H3. The average Bonchev–Trinajstić information content (AvgIpc) is 3.04. The molecule has 2 fully saturated rings. The number of rotatable bonds is 4. The number of amides is 1. The number of anilines is 1. The van der Waals surface area contributed by atoms with E-state index < -0.39 is 0 Å². The molecule has 2 aliphatic rings. The minimum Gasteiger partial charge on any atom is -0.384 e. The highest BCUT2D eigenvalue weighted by atomic mass is 16.5. The van der Waals surface area contributed by atoms with Gasteiger partial charge in [0.1, 0.15) is 11.9 Å². The van der Waals surface area contributed by atoms with Crippen LogP contribution in [0.4, 0.5) is 5.82 Å². The Bertz CT molecular complexity index is 615. The quantitative estimate of drug-likeness (QED) is 0.843. The van der Waals surface area contributed by atoms with Gasteiger partial charge in [-0.15, -0.1) is 0 Å². The Kier molecular flexibility index (Phi) is 5.00. The number of piperidine rings is 1. The largest absolute Gasteiger partial charge is 0.384 e. The minimum absolute atomic E-state index is 0.204. The molecule has 0 unspecified atom stereocenters. The summed E-state index contributed by atoms with van der Waals surface area (Å²) < 4.78 is 4.99. The lowest BCUT2D eigenvalue weighted by atomic mass is 9.77. The molecule has 24 heavy (non-hydrogen) atoms. The molecule has 128 valence electrons. The van der Waals surface area contributed by atoms with E-state index in [1.807, 2.05) is 17.0 Å². The summed E-state index contributed by atoms with van der Waals surface area (Å²) >= 11 is 0. The number of likely N-dealkylation sites (tertiary alicyclic amines) is 1. The normalized spacial score (nSPS) is 19.5. The molecule has 6 nitrogen and oxygen atoms in total. The first-order valence-electron chi connectivity index (χ1n) is 8.54. The van der Waals surface area contributed by atoms with Crippen molar-refractivity contribution in [2.24, 2.45) is 5.41 Å². The summed E-state index contributed by atoms with van der Waals surface area (Å²) in [6.07, 6.45) is 5.37. The van der Waals surface area contributed by atoms with Gasteiger partial charge in [0.25, 0.3) is 0 Å². The fraction of sp³-hybridized carbons (Fsp3) is 0.611. The van der Waals surface area contributed by atoms with Crippen molar-refractivity contribution in [1.82, 2.24) is 9.88 Å². The number of methoxy groups -OCH3 is 1. The molecule has 0 saturated carbocycles. The fourth-order valence-corrected chi connectivity index (χ4v) is 3.76. The van der Waals surface area contributed by atoms with E-state index in [0.717, 1.165) is 51.3 Å². The van der Waals surface area contributed by atoms with Crippen molar-refractivity contribution in [2.45, 2.75) is 25.7 Å². The van der Waals surface area contributed by atoms with E-state index in [4.69, 9.17) is 10.00 Å². The summed E-state index contributed by atoms with van der Waals surface area (Å²) in [5, 5.41) is 8.87. The monoisotopic (exact) mass is 328 g/mol. The molecule has 0 radical (unpaired) electrons. The highest BCUT2D eigenvalue weighted by Crippen LogP contribution is 2.41. The molecule has 2 aliphatic heterocycles. The van der Waals surface area contributed by atoms with Gasteiger partial charge in [-0.2, -0.15) is 5.26 Å². The van der Waals surface area contributed by atoms with Crippen molar-refractivity contribution in [2.75, 3.05) is 44.8 Å². The van der Waals surface area contributed by atoms with Gasteiger partial charge in [-0.1, -0.05) is 0 Å². The van der Waals surface area contributed by atoms with Crippen molar-refractivity contribution in [3.8, 4) is 6.07 Å². The van der Waals surface area contributed by atoms with E-state index in [1.165, 1.54) is 0 Å². The van der Waals surface area contributed by atoms with Crippen LogP contribution in [0.15, 0.2) is 18.3 Å². The van der Waals surface area contributed by atoms with Crippen LogP contribution < -0.4 is 4.90 Å². The second-order valence-electron chi connectivity index (χ2n) is 6.81. The number of carbonyl (C=O) groups excluding carboxylic acids is 1. The Morgan fingerprint density at radius 2 is 2.08 bits per heavy atom. The van der Waals surface area contributed by atoms with Crippen LogP contribution >= 0.6 is 0 Å². The van der Waals surface area contributed by atoms with Gasteiger partial charge in [-0.3, -0.25) is 4.79 Å². The number of pyridine rings is 1. The maximum atomic E-state index is 12.1. The molecule has 1 aromatic heterocycles. The Labute approximate surface area is 143 Å². The number of carbonyl (C=O) groups is 1. The van der Waals surface area contributed by atoms with Crippen LogP contribution in [0.5, 0.6) is 0 Å². The zero-order valence-corrected chi connectivity index (χ0v) is 14.2. The average molecular weight is 328 g/mol. The second kappa shape index (κ2) is 7.18. The van der Waals surface area contributed by atoms with Gasteiger partial charge >= 0.3 is 0 Å². The molecule has 1 aromatic rings. The van der Waals surface area contributed by atoms with Gasteiger partial charge in [0, 0.05) is 39.5 Å². The molecule has 0 bridgehead atoms. The topological polar surface area (TPSA) is 69.5 Å². The number of hydrogen-bond donors (Lipinski definition) is 0.